The van der Waals surface area contributed by atoms with Crippen molar-refractivity contribution < 1.29 is 0 Å². The highest BCUT2D eigenvalue weighted by Crippen LogP contribution is 2.31. The van der Waals surface area contributed by atoms with Gasteiger partial charge in [-0.3, -0.25) is 4.79 Å². The van der Waals surface area contributed by atoms with E-state index < -0.39 is 0 Å². The van der Waals surface area contributed by atoms with Crippen LogP contribution in [0.1, 0.15) is 30.4 Å². The molecule has 0 aliphatic heterocycles. The smallest absolute Gasteiger partial charge is 0.272 e. The second-order valence-corrected chi connectivity index (χ2v) is 5.46. The molecule has 5 N–H and O–H groups in total. The van der Waals surface area contributed by atoms with E-state index in [9.17, 15) is 4.79 Å². The highest BCUT2D eigenvalue weighted by molar-refractivity contribution is 7.99. The summed E-state index contributed by atoms with van der Waals surface area (Å²) >= 11 is 1.69. The first-order valence-electron chi connectivity index (χ1n) is 6.10. The van der Waals surface area contributed by atoms with Gasteiger partial charge in [0.15, 0.2) is 0 Å². The van der Waals surface area contributed by atoms with Crippen LogP contribution in [-0.2, 0) is 12.8 Å². The summed E-state index contributed by atoms with van der Waals surface area (Å²) < 4.78 is 0. The number of aromatic amines is 1. The van der Waals surface area contributed by atoms with Crippen molar-refractivity contribution in [3.63, 3.8) is 0 Å². The first kappa shape index (κ1) is 12.5. The quantitative estimate of drug-likeness (QED) is 0.557. The second-order valence-electron chi connectivity index (χ2n) is 4.35. The molecule has 17 heavy (non-hydrogen) atoms. The van der Waals surface area contributed by atoms with E-state index in [1.165, 1.54) is 12.0 Å². The fourth-order valence-corrected chi connectivity index (χ4v) is 3.30. The van der Waals surface area contributed by atoms with E-state index in [4.69, 9.17) is 11.5 Å². The normalized spacial score (nSPS) is 14.6. The van der Waals surface area contributed by atoms with Gasteiger partial charge in [-0.2, -0.15) is 0 Å². The van der Waals surface area contributed by atoms with Crippen LogP contribution in [0.2, 0.25) is 0 Å². The molecule has 0 atom stereocenters. The monoisotopic (exact) mass is 253 g/mol. The van der Waals surface area contributed by atoms with Crippen molar-refractivity contribution in [1.29, 1.82) is 0 Å². The number of hydrogen-bond donors (Lipinski definition) is 3. The summed E-state index contributed by atoms with van der Waals surface area (Å²) in [6, 6.07) is 0. The zero-order valence-electron chi connectivity index (χ0n) is 9.92. The van der Waals surface area contributed by atoms with E-state index in [-0.39, 0.29) is 5.56 Å². The molecule has 94 valence electrons. The molecule has 0 bridgehead atoms. The lowest BCUT2D eigenvalue weighted by Crippen LogP contribution is -2.20. The number of nitrogens with two attached hydrogens (primary N) is 2. The summed E-state index contributed by atoms with van der Waals surface area (Å²) in [7, 11) is 0. The Morgan fingerprint density at radius 2 is 1.94 bits per heavy atom. The maximum atomic E-state index is 11.7. The predicted octanol–water partition coefficient (Wildman–Crippen LogP) is 1.28. The zero-order valence-corrected chi connectivity index (χ0v) is 10.7. The minimum Gasteiger partial charge on any atom is -0.394 e. The number of thioether (sulfide) groups is 1. The molecule has 0 saturated carbocycles. The van der Waals surface area contributed by atoms with Crippen molar-refractivity contribution in [3.8, 4) is 0 Å². The Hall–Kier alpha value is -0.940. The lowest BCUT2D eigenvalue weighted by Gasteiger charge is -2.20. The Balaban J connectivity index is 2.31. The average molecular weight is 253 g/mol. The van der Waals surface area contributed by atoms with Gasteiger partial charge in [0.25, 0.3) is 5.56 Å². The third-order valence-corrected chi connectivity index (χ3v) is 4.26. The summed E-state index contributed by atoms with van der Waals surface area (Å²) in [5.41, 5.74) is 14.0. The molecule has 4 nitrogen and oxygen atoms in total. The van der Waals surface area contributed by atoms with Crippen LogP contribution in [0.5, 0.6) is 0 Å². The van der Waals surface area contributed by atoms with Gasteiger partial charge in [-0.25, -0.2) is 0 Å². The summed E-state index contributed by atoms with van der Waals surface area (Å²) in [6.07, 6.45) is 5.25. The van der Waals surface area contributed by atoms with Crippen LogP contribution in [0.15, 0.2) is 9.82 Å². The molecule has 0 radical (unpaired) electrons. The molecule has 1 aromatic heterocycles. The minimum absolute atomic E-state index is 0.138. The molecule has 1 heterocycles. The van der Waals surface area contributed by atoms with Crippen LogP contribution < -0.4 is 17.0 Å². The zero-order chi connectivity index (χ0) is 12.3. The topological polar surface area (TPSA) is 84.9 Å². The first-order chi connectivity index (χ1) is 8.24. The average Bonchev–Trinajstić information content (AvgIpc) is 2.36. The Labute approximate surface area is 105 Å². The number of nitrogen functional groups attached to an aromatic ring is 1. The maximum Gasteiger partial charge on any atom is 0.272 e. The third-order valence-electron chi connectivity index (χ3n) is 3.13. The Kier molecular flexibility index (Phi) is 4.12. The molecule has 0 spiro atoms. The molecule has 0 amide bonds. The SMILES string of the molecule is NCCCSc1[nH]c(=O)c(N)c2c1CCCC2. The summed E-state index contributed by atoms with van der Waals surface area (Å²) in [5, 5.41) is 1.01. The number of nitrogens with one attached hydrogen (secondary N) is 1. The molecule has 1 aliphatic rings. The number of anilines is 1. The van der Waals surface area contributed by atoms with Crippen LogP contribution in [0.4, 0.5) is 5.69 Å². The van der Waals surface area contributed by atoms with Gasteiger partial charge in [-0.05, 0) is 49.8 Å². The van der Waals surface area contributed by atoms with Crippen molar-refractivity contribution in [1.82, 2.24) is 4.98 Å². The molecular weight excluding hydrogens is 234 g/mol. The van der Waals surface area contributed by atoms with Gasteiger partial charge in [0.05, 0.1) is 5.03 Å². The van der Waals surface area contributed by atoms with Crippen LogP contribution in [-0.4, -0.2) is 17.3 Å². The van der Waals surface area contributed by atoms with Crippen LogP contribution >= 0.6 is 11.8 Å². The third kappa shape index (κ3) is 2.66. The predicted molar refractivity (Wildman–Crippen MR) is 72.5 cm³/mol. The van der Waals surface area contributed by atoms with Gasteiger partial charge < -0.3 is 16.5 Å². The Morgan fingerprint density at radius 1 is 1.24 bits per heavy atom. The van der Waals surface area contributed by atoms with Gasteiger partial charge in [0.2, 0.25) is 0 Å². The van der Waals surface area contributed by atoms with Crippen molar-refractivity contribution in [3.05, 3.63) is 21.5 Å². The number of fused-ring (bicyclic) bond motifs is 1. The second kappa shape index (κ2) is 5.60. The molecule has 1 aromatic rings. The molecular formula is C12H19N3OS. The molecule has 1 aliphatic carbocycles. The van der Waals surface area contributed by atoms with E-state index in [0.717, 1.165) is 42.0 Å². The van der Waals surface area contributed by atoms with Crippen LogP contribution in [0.25, 0.3) is 0 Å². The molecule has 0 saturated heterocycles. The first-order valence-corrected chi connectivity index (χ1v) is 7.09. The Morgan fingerprint density at radius 3 is 2.65 bits per heavy atom. The highest BCUT2D eigenvalue weighted by atomic mass is 32.2. The molecule has 0 fully saturated rings. The summed E-state index contributed by atoms with van der Waals surface area (Å²) in [6.45, 7) is 0.689. The van der Waals surface area contributed by atoms with E-state index in [1.54, 1.807) is 11.8 Å². The molecule has 0 aromatic carbocycles. The molecule has 5 heteroatoms. The maximum absolute atomic E-state index is 11.7. The van der Waals surface area contributed by atoms with E-state index in [2.05, 4.69) is 4.98 Å². The van der Waals surface area contributed by atoms with Crippen molar-refractivity contribution >= 4 is 17.4 Å². The van der Waals surface area contributed by atoms with Crippen LogP contribution in [0, 0.1) is 0 Å². The minimum atomic E-state index is -0.138. The summed E-state index contributed by atoms with van der Waals surface area (Å²) in [5.74, 6) is 0.947. The number of rotatable bonds is 4. The number of H-pyrrole nitrogens is 1. The van der Waals surface area contributed by atoms with Gasteiger partial charge >= 0.3 is 0 Å². The van der Waals surface area contributed by atoms with Gasteiger partial charge in [-0.15, -0.1) is 11.8 Å². The van der Waals surface area contributed by atoms with Gasteiger partial charge in [0.1, 0.15) is 5.69 Å². The fourth-order valence-electron chi connectivity index (χ4n) is 2.22. The largest absolute Gasteiger partial charge is 0.394 e. The Bertz CT molecular complexity index is 456. The lowest BCUT2D eigenvalue weighted by molar-refractivity contribution is 0.667. The van der Waals surface area contributed by atoms with Crippen molar-refractivity contribution in [2.24, 2.45) is 5.73 Å². The van der Waals surface area contributed by atoms with E-state index in [1.807, 2.05) is 0 Å². The van der Waals surface area contributed by atoms with E-state index in [0.29, 0.717) is 12.2 Å². The lowest BCUT2D eigenvalue weighted by atomic mass is 9.92. The highest BCUT2D eigenvalue weighted by Gasteiger charge is 2.18. The van der Waals surface area contributed by atoms with E-state index >= 15 is 0 Å². The summed E-state index contributed by atoms with van der Waals surface area (Å²) in [4.78, 5) is 14.6. The molecule has 2 rings (SSSR count). The molecule has 0 unspecified atom stereocenters. The van der Waals surface area contributed by atoms with Crippen molar-refractivity contribution in [2.75, 3.05) is 18.0 Å². The number of pyridine rings is 1. The van der Waals surface area contributed by atoms with Crippen molar-refractivity contribution in [2.45, 2.75) is 37.1 Å². The van der Waals surface area contributed by atoms with Crippen LogP contribution in [0.3, 0.4) is 0 Å². The fraction of sp³-hybridized carbons (Fsp3) is 0.583. The van der Waals surface area contributed by atoms with Gasteiger partial charge in [0, 0.05) is 5.75 Å². The number of hydrogen-bond acceptors (Lipinski definition) is 4. The number of aromatic nitrogens is 1. The standard InChI is InChI=1S/C12H19N3OS/c13-6-3-7-17-12-9-5-2-1-4-8(9)10(14)11(16)15-12/h1-7,13-14H2,(H,15,16). The van der Waals surface area contributed by atoms with Gasteiger partial charge in [-0.1, -0.05) is 0 Å².